The maximum atomic E-state index is 6.44. The Hall–Kier alpha value is -0.440. The van der Waals surface area contributed by atoms with E-state index in [4.69, 9.17) is 23.2 Å². The second-order valence-corrected chi connectivity index (χ2v) is 6.05. The minimum Gasteiger partial charge on any atom is -0.368 e. The van der Waals surface area contributed by atoms with Crippen LogP contribution < -0.4 is 10.2 Å². The Labute approximate surface area is 126 Å². The topological polar surface area (TPSA) is 15.3 Å². The van der Waals surface area contributed by atoms with Crippen molar-refractivity contribution in [1.29, 1.82) is 0 Å². The summed E-state index contributed by atoms with van der Waals surface area (Å²) in [7, 11) is 0. The van der Waals surface area contributed by atoms with E-state index in [1.165, 1.54) is 19.3 Å². The highest BCUT2D eigenvalue weighted by Gasteiger charge is 2.23. The number of nitrogens with one attached hydrogen (secondary N) is 1. The Morgan fingerprint density at radius 2 is 2.16 bits per heavy atom. The average molecular weight is 301 g/mol. The van der Waals surface area contributed by atoms with Crippen LogP contribution in [-0.4, -0.2) is 25.7 Å². The highest BCUT2D eigenvalue weighted by Crippen LogP contribution is 2.37. The van der Waals surface area contributed by atoms with Crippen LogP contribution in [0.2, 0.25) is 10.0 Å². The number of halogens is 2. The number of rotatable bonds is 4. The number of anilines is 1. The molecule has 4 heteroatoms. The zero-order valence-electron chi connectivity index (χ0n) is 11.7. The van der Waals surface area contributed by atoms with Crippen LogP contribution in [0.25, 0.3) is 0 Å². The lowest BCUT2D eigenvalue weighted by molar-refractivity contribution is 0.423. The van der Waals surface area contributed by atoms with Crippen LogP contribution in [0.15, 0.2) is 12.1 Å². The lowest BCUT2D eigenvalue weighted by atomic mass is 10.0. The molecule has 1 heterocycles. The summed E-state index contributed by atoms with van der Waals surface area (Å²) >= 11 is 12.8. The molecule has 1 aliphatic rings. The molecule has 19 heavy (non-hydrogen) atoms. The molecule has 2 nitrogen and oxygen atoms in total. The van der Waals surface area contributed by atoms with Crippen LogP contribution in [-0.2, 0) is 0 Å². The van der Waals surface area contributed by atoms with E-state index in [1.807, 2.05) is 19.1 Å². The van der Waals surface area contributed by atoms with Gasteiger partial charge in [-0.05, 0) is 44.4 Å². The molecule has 0 bridgehead atoms. The molecule has 1 atom stereocenters. The minimum atomic E-state index is 0.543. The largest absolute Gasteiger partial charge is 0.368 e. The Kier molecular flexibility index (Phi) is 5.37. The van der Waals surface area contributed by atoms with Gasteiger partial charge in [-0.25, -0.2) is 0 Å². The molecule has 0 saturated carbocycles. The van der Waals surface area contributed by atoms with Crippen molar-refractivity contribution < 1.29 is 0 Å². The van der Waals surface area contributed by atoms with Gasteiger partial charge < -0.3 is 10.2 Å². The molecule has 0 aromatic heterocycles. The first-order valence-corrected chi connectivity index (χ1v) is 7.82. The predicted molar refractivity (Wildman–Crippen MR) is 84.7 cm³/mol. The maximum absolute atomic E-state index is 6.44. The first-order chi connectivity index (χ1) is 9.13. The summed E-state index contributed by atoms with van der Waals surface area (Å²) in [4.78, 5) is 2.33. The lowest BCUT2D eigenvalue weighted by Crippen LogP contribution is -2.46. The van der Waals surface area contributed by atoms with Crippen molar-refractivity contribution in [2.24, 2.45) is 0 Å². The summed E-state index contributed by atoms with van der Waals surface area (Å²) in [6, 6.07) is 4.47. The fourth-order valence-electron chi connectivity index (χ4n) is 2.63. The molecule has 1 fully saturated rings. The summed E-state index contributed by atoms with van der Waals surface area (Å²) in [5.41, 5.74) is 2.09. The van der Waals surface area contributed by atoms with Crippen molar-refractivity contribution >= 4 is 28.9 Å². The van der Waals surface area contributed by atoms with E-state index in [0.29, 0.717) is 6.04 Å². The minimum absolute atomic E-state index is 0.543. The third-order valence-electron chi connectivity index (χ3n) is 3.68. The van der Waals surface area contributed by atoms with Gasteiger partial charge in [0.2, 0.25) is 0 Å². The van der Waals surface area contributed by atoms with E-state index in [9.17, 15) is 0 Å². The van der Waals surface area contributed by atoms with Crippen LogP contribution >= 0.6 is 23.2 Å². The molecule has 1 aromatic carbocycles. The molecular weight excluding hydrogens is 279 g/mol. The van der Waals surface area contributed by atoms with Crippen LogP contribution in [0.1, 0.15) is 31.7 Å². The zero-order valence-corrected chi connectivity index (χ0v) is 13.2. The van der Waals surface area contributed by atoms with E-state index in [1.54, 1.807) is 0 Å². The molecular formula is C15H22Cl2N2. The number of piperidine rings is 1. The first kappa shape index (κ1) is 15.0. The fourth-order valence-corrected chi connectivity index (χ4v) is 3.24. The van der Waals surface area contributed by atoms with Gasteiger partial charge in [-0.2, -0.15) is 0 Å². The van der Waals surface area contributed by atoms with Crippen molar-refractivity contribution in [3.8, 4) is 0 Å². The third-order valence-corrected chi connectivity index (χ3v) is 4.46. The van der Waals surface area contributed by atoms with Gasteiger partial charge in [0.1, 0.15) is 0 Å². The smallest absolute Gasteiger partial charge is 0.0748 e. The molecule has 0 aliphatic carbocycles. The predicted octanol–water partition coefficient (Wildman–Crippen LogP) is 4.27. The van der Waals surface area contributed by atoms with E-state index >= 15 is 0 Å². The van der Waals surface area contributed by atoms with Crippen LogP contribution in [0.5, 0.6) is 0 Å². The number of hydrogen-bond acceptors (Lipinski definition) is 2. The molecule has 2 rings (SSSR count). The monoisotopic (exact) mass is 300 g/mol. The lowest BCUT2D eigenvalue weighted by Gasteiger charge is -2.36. The Morgan fingerprint density at radius 1 is 1.37 bits per heavy atom. The molecule has 0 spiro atoms. The van der Waals surface area contributed by atoms with Crippen molar-refractivity contribution in [3.63, 3.8) is 0 Å². The quantitative estimate of drug-likeness (QED) is 0.893. The Morgan fingerprint density at radius 3 is 2.89 bits per heavy atom. The number of hydrogen-bond donors (Lipinski definition) is 1. The second-order valence-electron chi connectivity index (χ2n) is 5.27. The summed E-state index contributed by atoms with van der Waals surface area (Å²) in [5, 5.41) is 5.15. The molecule has 1 aromatic rings. The van der Waals surface area contributed by atoms with Crippen molar-refractivity contribution in [2.45, 2.75) is 39.2 Å². The Bertz CT molecular complexity index is 434. The summed E-state index contributed by atoms with van der Waals surface area (Å²) < 4.78 is 0. The maximum Gasteiger partial charge on any atom is 0.0748 e. The highest BCUT2D eigenvalue weighted by atomic mass is 35.5. The standard InChI is InChI=1S/C15H22Cl2N2/c1-3-8-18-12-5-4-9-19(10-12)15-13(16)7-6-11(2)14(15)17/h6-7,12,18H,3-5,8-10H2,1-2H3. The molecule has 0 radical (unpaired) electrons. The molecule has 1 saturated heterocycles. The van der Waals surface area contributed by atoms with Crippen LogP contribution in [0, 0.1) is 6.92 Å². The van der Waals surface area contributed by atoms with Crippen LogP contribution in [0.4, 0.5) is 5.69 Å². The second kappa shape index (κ2) is 6.83. The average Bonchev–Trinajstić information content (AvgIpc) is 2.42. The van der Waals surface area contributed by atoms with Gasteiger partial charge in [0, 0.05) is 19.1 Å². The molecule has 1 N–H and O–H groups in total. The highest BCUT2D eigenvalue weighted by molar-refractivity contribution is 6.39. The third kappa shape index (κ3) is 3.56. The van der Waals surface area contributed by atoms with Crippen LogP contribution in [0.3, 0.4) is 0 Å². The van der Waals surface area contributed by atoms with Gasteiger partial charge in [-0.1, -0.05) is 36.2 Å². The zero-order chi connectivity index (χ0) is 13.8. The molecule has 106 valence electrons. The summed E-state index contributed by atoms with van der Waals surface area (Å²) in [5.74, 6) is 0. The van der Waals surface area contributed by atoms with E-state index in [-0.39, 0.29) is 0 Å². The van der Waals surface area contributed by atoms with Gasteiger partial charge in [-0.15, -0.1) is 0 Å². The Balaban J connectivity index is 2.15. The van der Waals surface area contributed by atoms with Gasteiger partial charge in [0.25, 0.3) is 0 Å². The normalized spacial score (nSPS) is 19.8. The number of benzene rings is 1. The van der Waals surface area contributed by atoms with Gasteiger partial charge in [0.05, 0.1) is 15.7 Å². The molecule has 1 unspecified atom stereocenters. The summed E-state index contributed by atoms with van der Waals surface area (Å²) in [6.45, 7) is 7.32. The van der Waals surface area contributed by atoms with Crippen molar-refractivity contribution in [3.05, 3.63) is 27.7 Å². The molecule has 0 amide bonds. The van der Waals surface area contributed by atoms with Crippen molar-refractivity contribution in [1.82, 2.24) is 5.32 Å². The summed E-state index contributed by atoms with van der Waals surface area (Å²) in [6.07, 6.45) is 3.59. The van der Waals surface area contributed by atoms with Gasteiger partial charge in [0.15, 0.2) is 0 Å². The SMILES string of the molecule is CCCNC1CCCN(c2c(Cl)ccc(C)c2Cl)C1. The first-order valence-electron chi connectivity index (χ1n) is 7.06. The van der Waals surface area contributed by atoms with Gasteiger partial charge >= 0.3 is 0 Å². The van der Waals surface area contributed by atoms with E-state index in [2.05, 4.69) is 17.1 Å². The van der Waals surface area contributed by atoms with Crippen molar-refractivity contribution in [2.75, 3.05) is 24.5 Å². The van der Waals surface area contributed by atoms with Gasteiger partial charge in [-0.3, -0.25) is 0 Å². The van der Waals surface area contributed by atoms with E-state index < -0.39 is 0 Å². The number of aryl methyl sites for hydroxylation is 1. The number of nitrogens with zero attached hydrogens (tertiary/aromatic N) is 1. The molecule has 1 aliphatic heterocycles. The fraction of sp³-hybridized carbons (Fsp3) is 0.600. The van der Waals surface area contributed by atoms with E-state index in [0.717, 1.165) is 40.9 Å².